The Bertz CT molecular complexity index is 984. The van der Waals surface area contributed by atoms with Crippen LogP contribution in [0.15, 0.2) is 41.8 Å². The van der Waals surface area contributed by atoms with E-state index in [1.54, 1.807) is 42.7 Å². The molecule has 0 radical (unpaired) electrons. The molecule has 2 aromatic rings. The van der Waals surface area contributed by atoms with Gasteiger partial charge in [-0.15, -0.1) is 11.3 Å². The quantitative estimate of drug-likeness (QED) is 0.594. The van der Waals surface area contributed by atoms with E-state index in [9.17, 15) is 14.4 Å². The number of carbonyl (C=O) groups excluding carboxylic acids is 3. The van der Waals surface area contributed by atoms with E-state index in [0.717, 1.165) is 11.3 Å². The van der Waals surface area contributed by atoms with Crippen molar-refractivity contribution in [3.05, 3.63) is 52.2 Å². The van der Waals surface area contributed by atoms with Gasteiger partial charge in [0.1, 0.15) is 11.3 Å². The number of carbonyl (C=O) groups is 3. The molecule has 1 aromatic carbocycles. The Hall–Kier alpha value is -2.87. The lowest BCUT2D eigenvalue weighted by molar-refractivity contribution is -0.134. The molecular formula is C25H31N3O4S. The smallest absolute Gasteiger partial charge is 0.325 e. The fourth-order valence-corrected chi connectivity index (χ4v) is 5.76. The number of hydrogen-bond donors (Lipinski definition) is 1. The molecule has 2 aliphatic rings. The maximum Gasteiger partial charge on any atom is 0.325 e. The van der Waals surface area contributed by atoms with Crippen LogP contribution >= 0.6 is 11.3 Å². The average molecular weight is 470 g/mol. The van der Waals surface area contributed by atoms with Gasteiger partial charge in [-0.1, -0.05) is 19.4 Å². The van der Waals surface area contributed by atoms with E-state index in [0.29, 0.717) is 56.6 Å². The number of amides is 4. The van der Waals surface area contributed by atoms with Crippen molar-refractivity contribution in [1.82, 2.24) is 15.1 Å². The number of hydrogen-bond acceptors (Lipinski definition) is 5. The van der Waals surface area contributed by atoms with Crippen LogP contribution in [0.2, 0.25) is 0 Å². The number of ether oxygens (including phenoxy) is 1. The molecule has 1 atom stereocenters. The lowest BCUT2D eigenvalue weighted by atomic mass is 9.74. The van der Waals surface area contributed by atoms with Crippen LogP contribution in [0.5, 0.6) is 5.75 Å². The minimum Gasteiger partial charge on any atom is -0.497 e. The van der Waals surface area contributed by atoms with Crippen molar-refractivity contribution in [1.29, 1.82) is 0 Å². The zero-order valence-electron chi connectivity index (χ0n) is 19.2. The van der Waals surface area contributed by atoms with Gasteiger partial charge >= 0.3 is 6.03 Å². The third-order valence-electron chi connectivity index (χ3n) is 6.82. The van der Waals surface area contributed by atoms with Gasteiger partial charge in [0.25, 0.3) is 11.8 Å². The number of methoxy groups -OCH3 is 1. The van der Waals surface area contributed by atoms with Crippen LogP contribution in [0.4, 0.5) is 4.79 Å². The Balaban J connectivity index is 1.42. The second-order valence-corrected chi connectivity index (χ2v) is 9.76. The molecule has 4 amide bonds. The van der Waals surface area contributed by atoms with Crippen LogP contribution < -0.4 is 10.1 Å². The van der Waals surface area contributed by atoms with Crippen molar-refractivity contribution in [3.8, 4) is 5.75 Å². The Morgan fingerprint density at radius 2 is 1.91 bits per heavy atom. The summed E-state index contributed by atoms with van der Waals surface area (Å²) >= 11 is 1.64. The van der Waals surface area contributed by atoms with Crippen LogP contribution in [0.3, 0.4) is 0 Å². The maximum atomic E-state index is 13.5. The van der Waals surface area contributed by atoms with Gasteiger partial charge in [0.2, 0.25) is 0 Å². The zero-order valence-corrected chi connectivity index (χ0v) is 20.0. The van der Waals surface area contributed by atoms with Crippen LogP contribution in [-0.4, -0.2) is 59.9 Å². The summed E-state index contributed by atoms with van der Waals surface area (Å²) in [5.41, 5.74) is -0.237. The zero-order chi connectivity index (χ0) is 23.4. The molecule has 3 heterocycles. The van der Waals surface area contributed by atoms with Crippen molar-refractivity contribution in [3.63, 3.8) is 0 Å². The van der Waals surface area contributed by atoms with E-state index >= 15 is 0 Å². The van der Waals surface area contributed by atoms with Crippen LogP contribution in [0.25, 0.3) is 0 Å². The number of rotatable bonds is 8. The van der Waals surface area contributed by atoms with E-state index in [4.69, 9.17) is 4.74 Å². The molecule has 1 aromatic heterocycles. The average Bonchev–Trinajstić information content (AvgIpc) is 3.44. The van der Waals surface area contributed by atoms with E-state index in [2.05, 4.69) is 5.32 Å². The molecule has 0 aliphatic carbocycles. The highest BCUT2D eigenvalue weighted by Crippen LogP contribution is 2.37. The number of imide groups is 1. The van der Waals surface area contributed by atoms with Crippen molar-refractivity contribution in [2.45, 2.75) is 44.6 Å². The summed E-state index contributed by atoms with van der Waals surface area (Å²) in [6.45, 7) is 3.57. The molecule has 0 saturated carbocycles. The molecule has 1 N–H and O–H groups in total. The molecule has 0 spiro atoms. The Morgan fingerprint density at radius 1 is 1.18 bits per heavy atom. The van der Waals surface area contributed by atoms with Crippen LogP contribution in [0.1, 0.15) is 47.8 Å². The highest BCUT2D eigenvalue weighted by Gasteiger charge is 2.55. The highest BCUT2D eigenvalue weighted by atomic mass is 32.1. The molecule has 2 fully saturated rings. The predicted molar refractivity (Wildman–Crippen MR) is 128 cm³/mol. The van der Waals surface area contributed by atoms with Crippen LogP contribution in [0, 0.1) is 5.92 Å². The first-order valence-electron chi connectivity index (χ1n) is 11.6. The first-order valence-corrected chi connectivity index (χ1v) is 12.5. The summed E-state index contributed by atoms with van der Waals surface area (Å²) in [5, 5.41) is 5.08. The molecular weight excluding hydrogens is 438 g/mol. The molecule has 4 rings (SSSR count). The number of nitrogens with one attached hydrogen (secondary N) is 1. The lowest BCUT2D eigenvalue weighted by Crippen LogP contribution is -2.56. The molecule has 8 heteroatoms. The van der Waals surface area contributed by atoms with Gasteiger partial charge in [-0.05, 0) is 67.3 Å². The van der Waals surface area contributed by atoms with Gasteiger partial charge in [-0.2, -0.15) is 0 Å². The molecule has 2 saturated heterocycles. The summed E-state index contributed by atoms with van der Waals surface area (Å²) in [6, 6.07) is 10.8. The fourth-order valence-electron chi connectivity index (χ4n) is 5.06. The Kier molecular flexibility index (Phi) is 7.02. The monoisotopic (exact) mass is 469 g/mol. The Labute approximate surface area is 198 Å². The molecule has 7 nitrogen and oxygen atoms in total. The number of piperidine rings is 1. The normalized spacial score (nSPS) is 21.4. The second kappa shape index (κ2) is 9.95. The number of urea groups is 1. The van der Waals surface area contributed by atoms with Crippen molar-refractivity contribution in [2.24, 2.45) is 5.92 Å². The van der Waals surface area contributed by atoms with E-state index in [1.807, 2.05) is 29.3 Å². The van der Waals surface area contributed by atoms with E-state index in [-0.39, 0.29) is 23.8 Å². The van der Waals surface area contributed by atoms with Gasteiger partial charge < -0.3 is 15.0 Å². The first kappa shape index (κ1) is 23.3. The SMILES string of the molecule is CCC[C@@]1(C2CCN(C(=O)c3ccc(OC)cc3)CC2)NC(=O)N(CCc2cccs2)C1=O. The lowest BCUT2D eigenvalue weighted by Gasteiger charge is -2.41. The van der Waals surface area contributed by atoms with E-state index < -0.39 is 5.54 Å². The predicted octanol–water partition coefficient (Wildman–Crippen LogP) is 3.94. The molecule has 0 unspecified atom stereocenters. The van der Waals surface area contributed by atoms with Gasteiger partial charge in [-0.3, -0.25) is 14.5 Å². The van der Waals surface area contributed by atoms with Crippen molar-refractivity contribution >= 4 is 29.2 Å². The standard InChI is InChI=1S/C25H31N3O4S/c1-3-13-25(23(30)28(24(31)26-25)16-12-21-5-4-17-33-21)19-10-14-27(15-11-19)22(29)18-6-8-20(32-2)9-7-18/h4-9,17,19H,3,10-16H2,1-2H3,(H,26,31)/t25-/m0/s1. The number of thiophene rings is 1. The Morgan fingerprint density at radius 3 is 2.52 bits per heavy atom. The van der Waals surface area contributed by atoms with E-state index in [1.165, 1.54) is 4.90 Å². The molecule has 2 aliphatic heterocycles. The summed E-state index contributed by atoms with van der Waals surface area (Å²) in [7, 11) is 1.60. The molecule has 33 heavy (non-hydrogen) atoms. The minimum atomic E-state index is -0.865. The molecule has 0 bridgehead atoms. The summed E-state index contributed by atoms with van der Waals surface area (Å²) in [5.74, 6) is 0.609. The summed E-state index contributed by atoms with van der Waals surface area (Å²) < 4.78 is 5.17. The summed E-state index contributed by atoms with van der Waals surface area (Å²) in [4.78, 5) is 43.7. The fraction of sp³-hybridized carbons (Fsp3) is 0.480. The molecule has 176 valence electrons. The van der Waals surface area contributed by atoms with Gasteiger partial charge in [0.15, 0.2) is 0 Å². The largest absolute Gasteiger partial charge is 0.497 e. The number of benzene rings is 1. The van der Waals surface area contributed by atoms with Gasteiger partial charge in [0, 0.05) is 30.1 Å². The third kappa shape index (κ3) is 4.62. The third-order valence-corrected chi connectivity index (χ3v) is 7.76. The second-order valence-electron chi connectivity index (χ2n) is 8.73. The van der Waals surface area contributed by atoms with Crippen LogP contribution in [-0.2, 0) is 11.2 Å². The number of likely N-dealkylation sites (tertiary alicyclic amines) is 1. The maximum absolute atomic E-state index is 13.5. The first-order chi connectivity index (χ1) is 16.0. The number of nitrogens with zero attached hydrogens (tertiary/aromatic N) is 2. The summed E-state index contributed by atoms with van der Waals surface area (Å²) in [6.07, 6.45) is 3.47. The van der Waals surface area contributed by atoms with Gasteiger partial charge in [-0.25, -0.2) is 4.79 Å². The highest BCUT2D eigenvalue weighted by molar-refractivity contribution is 7.09. The topological polar surface area (TPSA) is 79.0 Å². The van der Waals surface area contributed by atoms with Crippen molar-refractivity contribution < 1.29 is 19.1 Å². The van der Waals surface area contributed by atoms with Crippen molar-refractivity contribution in [2.75, 3.05) is 26.7 Å². The minimum absolute atomic E-state index is 0.0139. The van der Waals surface area contributed by atoms with Gasteiger partial charge in [0.05, 0.1) is 7.11 Å².